The minimum Gasteiger partial charge on any atom is -0.354 e. The van der Waals surface area contributed by atoms with Crippen LogP contribution < -0.4 is 5.73 Å². The highest BCUT2D eigenvalue weighted by molar-refractivity contribution is 6.27. The zero-order valence-electron chi connectivity index (χ0n) is 27.7. The standard InChI is InChI=1S/C20H13N.C20H17N.C2H7N.C2H6/c1-3-7-15-13(5-1)9-11-17-19(15)20-16-8-4-2-6-14(16)10-12-18(20)21-17;1-15-7-5-6-10-19(15)20(21)18-13-11-17(12-14-18)16-8-3-2-4-9-16;1-2-3;1-2/h1-12,21H;2-14,21H,1H3;2-3H2,1H3;1-2H3. The highest BCUT2D eigenvalue weighted by Crippen LogP contribution is 2.36. The predicted octanol–water partition coefficient (Wildman–Crippen LogP) is 11.7. The summed E-state index contributed by atoms with van der Waals surface area (Å²) in [6, 6.07) is 52.5. The number of aromatic amines is 1. The van der Waals surface area contributed by atoms with Crippen LogP contribution >= 0.6 is 0 Å². The Morgan fingerprint density at radius 3 is 1.53 bits per heavy atom. The van der Waals surface area contributed by atoms with E-state index < -0.39 is 0 Å². The molecule has 3 heteroatoms. The summed E-state index contributed by atoms with van der Waals surface area (Å²) >= 11 is 0. The van der Waals surface area contributed by atoms with Gasteiger partial charge in [0.25, 0.3) is 0 Å². The van der Waals surface area contributed by atoms with E-state index >= 15 is 0 Å². The predicted molar refractivity (Wildman–Crippen MR) is 206 cm³/mol. The van der Waals surface area contributed by atoms with Crippen LogP contribution in [-0.2, 0) is 0 Å². The molecule has 7 aromatic carbocycles. The van der Waals surface area contributed by atoms with Crippen molar-refractivity contribution >= 4 is 49.1 Å². The number of aromatic nitrogens is 1. The largest absolute Gasteiger partial charge is 0.354 e. The van der Waals surface area contributed by atoms with Crippen LogP contribution in [0.5, 0.6) is 0 Å². The highest BCUT2D eigenvalue weighted by Gasteiger charge is 2.11. The van der Waals surface area contributed by atoms with E-state index in [1.807, 2.05) is 82.3 Å². The third-order valence-electron chi connectivity index (χ3n) is 8.07. The second kappa shape index (κ2) is 15.7. The Bertz CT molecular complexity index is 2140. The lowest BCUT2D eigenvalue weighted by Gasteiger charge is -2.09. The van der Waals surface area contributed by atoms with Crippen molar-refractivity contribution in [2.75, 3.05) is 6.54 Å². The molecule has 0 unspecified atom stereocenters. The molecule has 0 spiro atoms. The first-order valence-corrected chi connectivity index (χ1v) is 16.4. The lowest BCUT2D eigenvalue weighted by Crippen LogP contribution is -2.03. The maximum atomic E-state index is 8.39. The first-order chi connectivity index (χ1) is 23.1. The molecule has 0 saturated heterocycles. The Labute approximate surface area is 278 Å². The van der Waals surface area contributed by atoms with Crippen LogP contribution in [0.4, 0.5) is 0 Å². The molecule has 0 aliphatic rings. The van der Waals surface area contributed by atoms with Gasteiger partial charge >= 0.3 is 0 Å². The smallest absolute Gasteiger partial charge is 0.0687 e. The molecule has 0 bridgehead atoms. The van der Waals surface area contributed by atoms with E-state index in [2.05, 4.69) is 102 Å². The molecule has 47 heavy (non-hydrogen) atoms. The van der Waals surface area contributed by atoms with E-state index in [0.717, 1.165) is 23.2 Å². The van der Waals surface area contributed by atoms with Crippen molar-refractivity contribution in [3.63, 3.8) is 0 Å². The molecular weight excluding hydrogens is 571 g/mol. The van der Waals surface area contributed by atoms with Crippen LogP contribution in [0.15, 0.2) is 152 Å². The minimum atomic E-state index is 0.577. The molecule has 0 atom stereocenters. The topological polar surface area (TPSA) is 65.7 Å². The van der Waals surface area contributed by atoms with Gasteiger partial charge in [0, 0.05) is 32.9 Å². The average Bonchev–Trinajstić information content (AvgIpc) is 3.54. The summed E-state index contributed by atoms with van der Waals surface area (Å²) in [4.78, 5) is 3.56. The molecule has 234 valence electrons. The van der Waals surface area contributed by atoms with Crippen molar-refractivity contribution < 1.29 is 0 Å². The molecule has 0 radical (unpaired) electrons. The number of hydrogen-bond acceptors (Lipinski definition) is 2. The molecule has 8 aromatic rings. The first-order valence-electron chi connectivity index (χ1n) is 16.4. The van der Waals surface area contributed by atoms with E-state index in [0.29, 0.717) is 5.71 Å². The summed E-state index contributed by atoms with van der Waals surface area (Å²) in [5, 5.41) is 16.3. The lowest BCUT2D eigenvalue weighted by molar-refractivity contribution is 1.14. The summed E-state index contributed by atoms with van der Waals surface area (Å²) in [7, 11) is 0. The Morgan fingerprint density at radius 1 is 0.553 bits per heavy atom. The van der Waals surface area contributed by atoms with Crippen LogP contribution in [0.3, 0.4) is 0 Å². The van der Waals surface area contributed by atoms with Crippen molar-refractivity contribution in [2.24, 2.45) is 5.73 Å². The number of fused-ring (bicyclic) bond motifs is 7. The third-order valence-corrected chi connectivity index (χ3v) is 8.07. The maximum absolute atomic E-state index is 8.39. The Balaban J connectivity index is 0.000000163. The summed E-state index contributed by atoms with van der Waals surface area (Å²) in [5.41, 5.74) is 13.3. The van der Waals surface area contributed by atoms with E-state index in [-0.39, 0.29) is 0 Å². The van der Waals surface area contributed by atoms with Crippen LogP contribution in [0, 0.1) is 12.3 Å². The lowest BCUT2D eigenvalue weighted by atomic mass is 9.96. The second-order valence-corrected chi connectivity index (χ2v) is 11.1. The zero-order valence-corrected chi connectivity index (χ0v) is 27.7. The molecular formula is C44H43N3. The molecule has 0 amide bonds. The minimum absolute atomic E-state index is 0.577. The van der Waals surface area contributed by atoms with Gasteiger partial charge in [0.05, 0.1) is 5.71 Å². The number of nitrogens with two attached hydrogens (primary N) is 1. The number of nitrogens with one attached hydrogen (secondary N) is 2. The van der Waals surface area contributed by atoms with Gasteiger partial charge in [0.15, 0.2) is 0 Å². The van der Waals surface area contributed by atoms with Crippen LogP contribution in [0.25, 0.3) is 54.5 Å². The van der Waals surface area contributed by atoms with Gasteiger partial charge in [0.1, 0.15) is 0 Å². The van der Waals surface area contributed by atoms with Gasteiger partial charge in [-0.2, -0.15) is 0 Å². The van der Waals surface area contributed by atoms with Crippen molar-refractivity contribution in [1.82, 2.24) is 4.98 Å². The Hall–Kier alpha value is -5.51. The monoisotopic (exact) mass is 613 g/mol. The molecule has 0 aliphatic heterocycles. The van der Waals surface area contributed by atoms with Crippen molar-refractivity contribution in [2.45, 2.75) is 27.7 Å². The molecule has 8 rings (SSSR count). The molecule has 0 saturated carbocycles. The summed E-state index contributed by atoms with van der Waals surface area (Å²) in [6.45, 7) is 8.70. The number of aryl methyl sites for hydroxylation is 1. The first kappa shape index (κ1) is 32.9. The molecule has 0 aliphatic carbocycles. The molecule has 3 nitrogen and oxygen atoms in total. The fraction of sp³-hybridized carbons (Fsp3) is 0.114. The van der Waals surface area contributed by atoms with Crippen LogP contribution in [0.2, 0.25) is 0 Å². The number of hydrogen-bond donors (Lipinski definition) is 3. The maximum Gasteiger partial charge on any atom is 0.0687 e. The van der Waals surface area contributed by atoms with Crippen molar-refractivity contribution in [3.8, 4) is 11.1 Å². The van der Waals surface area contributed by atoms with E-state index in [9.17, 15) is 0 Å². The normalized spacial score (nSPS) is 10.4. The number of benzene rings is 7. The molecule has 1 aromatic heterocycles. The van der Waals surface area contributed by atoms with E-state index in [4.69, 9.17) is 11.1 Å². The second-order valence-electron chi connectivity index (χ2n) is 11.1. The molecule has 4 N–H and O–H groups in total. The van der Waals surface area contributed by atoms with Gasteiger partial charge in [-0.25, -0.2) is 0 Å². The summed E-state index contributed by atoms with van der Waals surface area (Å²) in [6.07, 6.45) is 0. The third kappa shape index (κ3) is 7.17. The van der Waals surface area contributed by atoms with Gasteiger partial charge in [-0.05, 0) is 63.8 Å². The van der Waals surface area contributed by atoms with E-state index in [1.54, 1.807) is 0 Å². The van der Waals surface area contributed by atoms with Crippen LogP contribution in [0.1, 0.15) is 37.5 Å². The Morgan fingerprint density at radius 2 is 1.00 bits per heavy atom. The van der Waals surface area contributed by atoms with Gasteiger partial charge in [-0.3, -0.25) is 5.41 Å². The zero-order chi connectivity index (χ0) is 33.2. The van der Waals surface area contributed by atoms with Gasteiger partial charge in [0.2, 0.25) is 0 Å². The number of H-pyrrole nitrogens is 1. The number of rotatable bonds is 3. The van der Waals surface area contributed by atoms with E-state index in [1.165, 1.54) is 54.5 Å². The van der Waals surface area contributed by atoms with Gasteiger partial charge < -0.3 is 10.7 Å². The fourth-order valence-corrected chi connectivity index (χ4v) is 5.90. The van der Waals surface area contributed by atoms with Crippen LogP contribution in [-0.4, -0.2) is 17.2 Å². The summed E-state index contributed by atoms with van der Waals surface area (Å²) in [5.74, 6) is 0. The molecule has 1 heterocycles. The van der Waals surface area contributed by atoms with Crippen molar-refractivity contribution in [1.29, 1.82) is 5.41 Å². The van der Waals surface area contributed by atoms with Gasteiger partial charge in [-0.15, -0.1) is 0 Å². The summed E-state index contributed by atoms with van der Waals surface area (Å²) < 4.78 is 0. The Kier molecular flexibility index (Phi) is 11.0. The average molecular weight is 614 g/mol. The molecule has 0 fully saturated rings. The fourth-order valence-electron chi connectivity index (χ4n) is 5.90. The highest BCUT2D eigenvalue weighted by atomic mass is 14.7. The van der Waals surface area contributed by atoms with Crippen molar-refractivity contribution in [3.05, 3.63) is 168 Å². The van der Waals surface area contributed by atoms with Gasteiger partial charge in [-0.1, -0.05) is 160 Å². The quantitative estimate of drug-likeness (QED) is 0.171. The SMILES string of the molecule is CC.CCN.Cc1ccccc1C(=N)c1ccc(-c2ccccc2)cc1.c1ccc2c(c1)ccc1[nH]c3ccc4ccccc4c3c12.